The summed E-state index contributed by atoms with van der Waals surface area (Å²) in [6.07, 6.45) is 4.61. The number of carbonyl (C=O) groups excluding carboxylic acids is 2. The summed E-state index contributed by atoms with van der Waals surface area (Å²) in [6, 6.07) is 8.57. The number of nitrogens with one attached hydrogen (secondary N) is 2. The van der Waals surface area contributed by atoms with Crippen LogP contribution in [-0.4, -0.2) is 33.1 Å². The zero-order chi connectivity index (χ0) is 21.0. The molecule has 0 saturated heterocycles. The number of amides is 1. The third-order valence-electron chi connectivity index (χ3n) is 5.26. The zero-order valence-corrected chi connectivity index (χ0v) is 16.5. The molecule has 1 fully saturated rings. The van der Waals surface area contributed by atoms with Crippen molar-refractivity contribution in [3.63, 3.8) is 0 Å². The fraction of sp³-hybridized carbons (Fsp3) is 0.429. The Morgan fingerprint density at radius 1 is 1.24 bits per heavy atom. The first-order valence-corrected chi connectivity index (χ1v) is 9.67. The van der Waals surface area contributed by atoms with Gasteiger partial charge in [0.25, 0.3) is 5.91 Å². The number of nitrogens with zero attached hydrogens (tertiary/aromatic N) is 2. The van der Waals surface area contributed by atoms with Gasteiger partial charge < -0.3 is 15.0 Å². The molecule has 1 saturated carbocycles. The Kier molecular flexibility index (Phi) is 5.87. The van der Waals surface area contributed by atoms with Crippen molar-refractivity contribution in [2.75, 3.05) is 0 Å². The Hall–Kier alpha value is -3.34. The van der Waals surface area contributed by atoms with E-state index in [4.69, 9.17) is 4.74 Å². The van der Waals surface area contributed by atoms with E-state index in [1.165, 1.54) is 11.5 Å². The average molecular weight is 396 g/mol. The van der Waals surface area contributed by atoms with Crippen LogP contribution in [0.1, 0.15) is 55.1 Å². The van der Waals surface area contributed by atoms with Crippen LogP contribution >= 0.6 is 0 Å². The highest BCUT2D eigenvalue weighted by Crippen LogP contribution is 2.27. The van der Waals surface area contributed by atoms with E-state index in [2.05, 4.69) is 16.4 Å². The van der Waals surface area contributed by atoms with Gasteiger partial charge in [0.15, 0.2) is 6.10 Å². The summed E-state index contributed by atoms with van der Waals surface area (Å²) in [5.74, 6) is -1.13. The maximum Gasteiger partial charge on any atom is 0.338 e. The lowest BCUT2D eigenvalue weighted by Crippen LogP contribution is -2.52. The summed E-state index contributed by atoms with van der Waals surface area (Å²) in [6.45, 7) is 3.28. The Labute approximate surface area is 168 Å². The van der Waals surface area contributed by atoms with Crippen LogP contribution in [0.25, 0.3) is 5.69 Å². The van der Waals surface area contributed by atoms with Gasteiger partial charge in [0.1, 0.15) is 5.54 Å². The van der Waals surface area contributed by atoms with Crippen LogP contribution < -0.4 is 11.0 Å². The number of aryl methyl sites for hydroxylation is 1. The number of ether oxygens (including phenoxy) is 1. The molecule has 0 aliphatic heterocycles. The van der Waals surface area contributed by atoms with E-state index in [0.717, 1.165) is 25.0 Å². The highest BCUT2D eigenvalue weighted by molar-refractivity contribution is 5.92. The number of aromatic amines is 1. The van der Waals surface area contributed by atoms with Crippen molar-refractivity contribution < 1.29 is 14.3 Å². The van der Waals surface area contributed by atoms with Crippen molar-refractivity contribution in [1.82, 2.24) is 14.9 Å². The molecule has 2 aromatic rings. The van der Waals surface area contributed by atoms with Crippen molar-refractivity contribution in [3.05, 3.63) is 52.2 Å². The molecule has 0 bridgehead atoms. The highest BCUT2D eigenvalue weighted by atomic mass is 16.5. The van der Waals surface area contributed by atoms with Gasteiger partial charge in [-0.15, -0.1) is 0 Å². The molecule has 0 spiro atoms. The first kappa shape index (κ1) is 20.4. The van der Waals surface area contributed by atoms with Gasteiger partial charge in [-0.1, -0.05) is 19.3 Å². The average Bonchev–Trinajstić information content (AvgIpc) is 3.06. The number of rotatable bonds is 5. The Morgan fingerprint density at radius 3 is 2.45 bits per heavy atom. The smallest absolute Gasteiger partial charge is 0.338 e. The molecule has 3 rings (SSSR count). The lowest BCUT2D eigenvalue weighted by molar-refractivity contribution is -0.130. The Balaban J connectivity index is 1.64. The molecule has 8 nitrogen and oxygen atoms in total. The number of H-pyrrole nitrogens is 1. The summed E-state index contributed by atoms with van der Waals surface area (Å²) < 4.78 is 6.76. The molecule has 2 N–H and O–H groups in total. The highest BCUT2D eigenvalue weighted by Gasteiger charge is 2.35. The van der Waals surface area contributed by atoms with Gasteiger partial charge >= 0.3 is 11.7 Å². The molecule has 1 aliphatic rings. The minimum atomic E-state index is -1.02. The van der Waals surface area contributed by atoms with Crippen LogP contribution in [0.3, 0.4) is 0 Å². The number of esters is 1. The summed E-state index contributed by atoms with van der Waals surface area (Å²) in [7, 11) is 0. The molecule has 1 amide bonds. The van der Waals surface area contributed by atoms with Crippen molar-refractivity contribution in [2.24, 2.45) is 0 Å². The fourth-order valence-corrected chi connectivity index (χ4v) is 3.56. The lowest BCUT2D eigenvalue weighted by Gasteiger charge is -2.32. The molecule has 0 radical (unpaired) electrons. The molecular formula is C21H24N4O4. The van der Waals surface area contributed by atoms with Crippen LogP contribution in [0.15, 0.2) is 35.3 Å². The summed E-state index contributed by atoms with van der Waals surface area (Å²) in [4.78, 5) is 39.3. The Bertz CT molecular complexity index is 991. The molecule has 152 valence electrons. The number of imidazole rings is 1. The SMILES string of the molecule is Cc1c[nH]c(=O)n1-c1ccc(C(=O)OC(C)C(=O)NC2(C#N)CCCCC2)cc1. The number of nitriles is 1. The van der Waals surface area contributed by atoms with Crippen molar-refractivity contribution >= 4 is 11.9 Å². The minimum Gasteiger partial charge on any atom is -0.449 e. The minimum absolute atomic E-state index is 0.266. The molecule has 1 unspecified atom stereocenters. The predicted octanol–water partition coefficient (Wildman–Crippen LogP) is 2.36. The predicted molar refractivity (Wildman–Crippen MR) is 106 cm³/mol. The van der Waals surface area contributed by atoms with Crippen LogP contribution in [0.4, 0.5) is 0 Å². The van der Waals surface area contributed by atoms with Crippen molar-refractivity contribution in [1.29, 1.82) is 5.26 Å². The van der Waals surface area contributed by atoms with Gasteiger partial charge in [0, 0.05) is 11.9 Å². The standard InChI is InChI=1S/C21H24N4O4/c1-14-12-23-20(28)25(14)17-8-6-16(7-9-17)19(27)29-15(2)18(26)24-21(13-22)10-4-3-5-11-21/h6-9,12,15H,3-5,10-11H2,1-2H3,(H,23,28)(H,24,26). The van der Waals surface area contributed by atoms with Crippen LogP contribution in [0.2, 0.25) is 0 Å². The monoisotopic (exact) mass is 396 g/mol. The summed E-state index contributed by atoms with van der Waals surface area (Å²) >= 11 is 0. The second-order valence-electron chi connectivity index (χ2n) is 7.41. The van der Waals surface area contributed by atoms with E-state index < -0.39 is 23.5 Å². The number of carbonyl (C=O) groups is 2. The van der Waals surface area contributed by atoms with Gasteiger partial charge in [0.2, 0.25) is 0 Å². The summed E-state index contributed by atoms with van der Waals surface area (Å²) in [5, 5.41) is 12.2. The molecule has 8 heteroatoms. The third kappa shape index (κ3) is 4.40. The van der Waals surface area contributed by atoms with E-state index in [1.54, 1.807) is 37.4 Å². The first-order chi connectivity index (χ1) is 13.8. The van der Waals surface area contributed by atoms with Gasteiger partial charge in [-0.3, -0.25) is 9.36 Å². The normalized spacial score (nSPS) is 16.4. The van der Waals surface area contributed by atoms with Gasteiger partial charge in [-0.2, -0.15) is 5.26 Å². The first-order valence-electron chi connectivity index (χ1n) is 9.67. The topological polar surface area (TPSA) is 117 Å². The second-order valence-corrected chi connectivity index (χ2v) is 7.41. The maximum absolute atomic E-state index is 12.4. The van der Waals surface area contributed by atoms with Gasteiger partial charge in [-0.25, -0.2) is 9.59 Å². The van der Waals surface area contributed by atoms with Crippen molar-refractivity contribution in [3.8, 4) is 11.8 Å². The van der Waals surface area contributed by atoms with Gasteiger partial charge in [0.05, 0.1) is 17.3 Å². The number of hydrogen-bond acceptors (Lipinski definition) is 5. The molecule has 1 atom stereocenters. The van der Waals surface area contributed by atoms with E-state index in [9.17, 15) is 19.6 Å². The molecule has 1 aromatic heterocycles. The molecule has 1 aliphatic carbocycles. The number of aromatic nitrogens is 2. The van der Waals surface area contributed by atoms with Gasteiger partial charge in [-0.05, 0) is 51.0 Å². The molecule has 29 heavy (non-hydrogen) atoms. The largest absolute Gasteiger partial charge is 0.449 e. The van der Waals surface area contributed by atoms with E-state index in [-0.39, 0.29) is 11.3 Å². The van der Waals surface area contributed by atoms with Crippen LogP contribution in [0, 0.1) is 18.3 Å². The molecule has 1 heterocycles. The molecule has 1 aromatic carbocycles. The van der Waals surface area contributed by atoms with Crippen LogP contribution in [-0.2, 0) is 9.53 Å². The number of benzene rings is 1. The zero-order valence-electron chi connectivity index (χ0n) is 16.5. The quantitative estimate of drug-likeness (QED) is 0.753. The Morgan fingerprint density at radius 2 is 1.90 bits per heavy atom. The van der Waals surface area contributed by atoms with Crippen molar-refractivity contribution in [2.45, 2.75) is 57.6 Å². The summed E-state index contributed by atoms with van der Waals surface area (Å²) in [5.41, 5.74) is 0.480. The van der Waals surface area contributed by atoms with E-state index >= 15 is 0 Å². The second kappa shape index (κ2) is 8.35. The fourth-order valence-electron chi connectivity index (χ4n) is 3.56. The molecular weight excluding hydrogens is 372 g/mol. The number of hydrogen-bond donors (Lipinski definition) is 2. The van der Waals surface area contributed by atoms with E-state index in [0.29, 0.717) is 18.5 Å². The maximum atomic E-state index is 12.4. The van der Waals surface area contributed by atoms with E-state index in [1.807, 2.05) is 0 Å². The third-order valence-corrected chi connectivity index (χ3v) is 5.26. The van der Waals surface area contributed by atoms with Crippen LogP contribution in [0.5, 0.6) is 0 Å². The lowest BCUT2D eigenvalue weighted by atomic mass is 9.83.